The first-order valence-electron chi connectivity index (χ1n) is 7.14. The van der Waals surface area contributed by atoms with Gasteiger partial charge >= 0.3 is 0 Å². The molecule has 0 aliphatic heterocycles. The van der Waals surface area contributed by atoms with Crippen LogP contribution < -0.4 is 5.32 Å². The zero-order valence-electron chi connectivity index (χ0n) is 12.7. The van der Waals surface area contributed by atoms with E-state index in [-0.39, 0.29) is 6.04 Å². The van der Waals surface area contributed by atoms with Crippen molar-refractivity contribution in [2.75, 3.05) is 7.05 Å². The normalized spacial score (nSPS) is 14.2. The van der Waals surface area contributed by atoms with Gasteiger partial charge in [0.25, 0.3) is 0 Å². The van der Waals surface area contributed by atoms with Gasteiger partial charge in [-0.3, -0.25) is 4.68 Å². The van der Waals surface area contributed by atoms with E-state index in [9.17, 15) is 0 Å². The van der Waals surface area contributed by atoms with Crippen molar-refractivity contribution in [3.05, 3.63) is 41.7 Å². The molecule has 2 aromatic heterocycles. The summed E-state index contributed by atoms with van der Waals surface area (Å²) in [5.41, 5.74) is 2.10. The Morgan fingerprint density at radius 1 is 1.35 bits per heavy atom. The third kappa shape index (κ3) is 3.42. The second-order valence-electron chi connectivity index (χ2n) is 5.12. The average molecular weight is 273 g/mol. The average Bonchev–Trinajstić information content (AvgIpc) is 2.92. The molecule has 0 bridgehead atoms. The van der Waals surface area contributed by atoms with Crippen LogP contribution in [-0.2, 0) is 6.42 Å². The van der Waals surface area contributed by atoms with Crippen molar-refractivity contribution in [3.63, 3.8) is 0 Å². The van der Waals surface area contributed by atoms with Crippen molar-refractivity contribution in [3.8, 4) is 0 Å². The highest BCUT2D eigenvalue weighted by Gasteiger charge is 2.14. The molecule has 0 amide bonds. The largest absolute Gasteiger partial charge is 0.311 e. The lowest BCUT2D eigenvalue weighted by molar-refractivity contribution is 0.468. The lowest BCUT2D eigenvalue weighted by atomic mass is 10.1. The van der Waals surface area contributed by atoms with Gasteiger partial charge in [-0.1, -0.05) is 6.92 Å². The second-order valence-corrected chi connectivity index (χ2v) is 5.12. The Hall–Kier alpha value is -1.75. The summed E-state index contributed by atoms with van der Waals surface area (Å²) in [7, 11) is 1.95. The number of hydrogen-bond donors (Lipinski definition) is 1. The molecule has 0 radical (unpaired) electrons. The van der Waals surface area contributed by atoms with E-state index >= 15 is 0 Å². The Bertz CT molecular complexity index is 549. The Morgan fingerprint density at radius 3 is 2.80 bits per heavy atom. The molecular formula is C15H23N5. The first-order chi connectivity index (χ1) is 9.63. The lowest BCUT2D eigenvalue weighted by Crippen LogP contribution is -2.21. The number of nitrogens with one attached hydrogen (secondary N) is 1. The Labute approximate surface area is 120 Å². The van der Waals surface area contributed by atoms with E-state index in [1.54, 1.807) is 6.20 Å². The molecule has 2 atom stereocenters. The fourth-order valence-corrected chi connectivity index (χ4v) is 2.15. The van der Waals surface area contributed by atoms with Gasteiger partial charge in [0.2, 0.25) is 0 Å². The maximum absolute atomic E-state index is 4.65. The number of nitrogens with zero attached hydrogens (tertiary/aromatic N) is 4. The van der Waals surface area contributed by atoms with Crippen molar-refractivity contribution in [1.82, 2.24) is 25.1 Å². The zero-order valence-corrected chi connectivity index (χ0v) is 12.7. The maximum atomic E-state index is 4.65. The number of rotatable bonds is 6. The first kappa shape index (κ1) is 14.7. The first-order valence-corrected chi connectivity index (χ1v) is 7.14. The summed E-state index contributed by atoms with van der Waals surface area (Å²) in [5, 5.41) is 7.96. The summed E-state index contributed by atoms with van der Waals surface area (Å²) in [5.74, 6) is 0.799. The molecule has 0 fully saturated rings. The van der Waals surface area contributed by atoms with E-state index in [1.165, 1.54) is 0 Å². The Kier molecular flexibility index (Phi) is 4.84. The molecule has 0 aromatic carbocycles. The van der Waals surface area contributed by atoms with Crippen LogP contribution in [0, 0.1) is 6.92 Å². The molecule has 2 heterocycles. The third-order valence-corrected chi connectivity index (χ3v) is 3.62. The smallest absolute Gasteiger partial charge is 0.125 e. The van der Waals surface area contributed by atoms with E-state index in [2.05, 4.69) is 46.5 Å². The monoisotopic (exact) mass is 273 g/mol. The van der Waals surface area contributed by atoms with Crippen LogP contribution in [0.1, 0.15) is 49.6 Å². The molecule has 0 aliphatic carbocycles. The van der Waals surface area contributed by atoms with Crippen LogP contribution in [0.2, 0.25) is 0 Å². The van der Waals surface area contributed by atoms with E-state index < -0.39 is 0 Å². The third-order valence-electron chi connectivity index (χ3n) is 3.62. The summed E-state index contributed by atoms with van der Waals surface area (Å²) < 4.78 is 2.04. The quantitative estimate of drug-likeness (QED) is 0.878. The number of aryl methyl sites for hydroxylation is 1. The molecule has 0 saturated carbocycles. The van der Waals surface area contributed by atoms with Crippen LogP contribution >= 0.6 is 0 Å². The molecule has 0 saturated heterocycles. The van der Waals surface area contributed by atoms with Crippen LogP contribution in [-0.4, -0.2) is 26.8 Å². The SMILES string of the molecule is CCC(C)n1ccc(CC(NC)c2ccnc(C)n2)n1. The summed E-state index contributed by atoms with van der Waals surface area (Å²) in [6, 6.07) is 4.65. The Balaban J connectivity index is 2.12. The topological polar surface area (TPSA) is 55.6 Å². The van der Waals surface area contributed by atoms with Crippen molar-refractivity contribution < 1.29 is 0 Å². The van der Waals surface area contributed by atoms with Gasteiger partial charge in [0, 0.05) is 24.9 Å². The van der Waals surface area contributed by atoms with Crippen LogP contribution in [0.3, 0.4) is 0 Å². The van der Waals surface area contributed by atoms with Crippen molar-refractivity contribution >= 4 is 0 Å². The molecule has 0 aliphatic rings. The highest BCUT2D eigenvalue weighted by molar-refractivity contribution is 5.12. The predicted octanol–water partition coefficient (Wildman–Crippen LogP) is 2.46. The molecule has 1 N–H and O–H groups in total. The molecular weight excluding hydrogens is 250 g/mol. The summed E-state index contributed by atoms with van der Waals surface area (Å²) >= 11 is 0. The van der Waals surface area contributed by atoms with Gasteiger partial charge in [-0.25, -0.2) is 9.97 Å². The molecule has 2 rings (SSSR count). The zero-order chi connectivity index (χ0) is 14.5. The van der Waals surface area contributed by atoms with Crippen LogP contribution in [0.15, 0.2) is 24.5 Å². The van der Waals surface area contributed by atoms with E-state index in [1.807, 2.05) is 24.7 Å². The molecule has 20 heavy (non-hydrogen) atoms. The minimum atomic E-state index is 0.164. The van der Waals surface area contributed by atoms with Gasteiger partial charge in [0.15, 0.2) is 0 Å². The van der Waals surface area contributed by atoms with Crippen molar-refractivity contribution in [2.24, 2.45) is 0 Å². The minimum absolute atomic E-state index is 0.164. The van der Waals surface area contributed by atoms with Gasteiger partial charge in [-0.2, -0.15) is 5.10 Å². The second kappa shape index (κ2) is 6.61. The summed E-state index contributed by atoms with van der Waals surface area (Å²) in [4.78, 5) is 8.63. The predicted molar refractivity (Wildman–Crippen MR) is 79.5 cm³/mol. The molecule has 108 valence electrons. The minimum Gasteiger partial charge on any atom is -0.311 e. The van der Waals surface area contributed by atoms with Gasteiger partial charge in [0.1, 0.15) is 5.82 Å². The number of hydrogen-bond acceptors (Lipinski definition) is 4. The fraction of sp³-hybridized carbons (Fsp3) is 0.533. The highest BCUT2D eigenvalue weighted by atomic mass is 15.3. The van der Waals surface area contributed by atoms with Gasteiger partial charge in [-0.15, -0.1) is 0 Å². The number of likely N-dealkylation sites (N-methyl/N-ethyl adjacent to an activating group) is 1. The van der Waals surface area contributed by atoms with Crippen LogP contribution in [0.4, 0.5) is 0 Å². The standard InChI is InChI=1S/C15H23N5/c1-5-11(2)20-9-7-13(19-20)10-15(16-4)14-6-8-17-12(3)18-14/h6-9,11,15-16H,5,10H2,1-4H3. The molecule has 2 aromatic rings. The molecule has 5 heteroatoms. The maximum Gasteiger partial charge on any atom is 0.125 e. The molecule has 2 unspecified atom stereocenters. The fourth-order valence-electron chi connectivity index (χ4n) is 2.15. The number of aromatic nitrogens is 4. The van der Waals surface area contributed by atoms with E-state index in [4.69, 9.17) is 0 Å². The molecule has 0 spiro atoms. The van der Waals surface area contributed by atoms with E-state index in [0.29, 0.717) is 6.04 Å². The van der Waals surface area contributed by atoms with Crippen molar-refractivity contribution in [1.29, 1.82) is 0 Å². The highest BCUT2D eigenvalue weighted by Crippen LogP contribution is 2.16. The summed E-state index contributed by atoms with van der Waals surface area (Å²) in [6.07, 6.45) is 5.78. The van der Waals surface area contributed by atoms with Gasteiger partial charge in [0.05, 0.1) is 17.4 Å². The van der Waals surface area contributed by atoms with Gasteiger partial charge < -0.3 is 5.32 Å². The van der Waals surface area contributed by atoms with Crippen LogP contribution in [0.25, 0.3) is 0 Å². The van der Waals surface area contributed by atoms with E-state index in [0.717, 1.165) is 30.1 Å². The van der Waals surface area contributed by atoms with Crippen molar-refractivity contribution in [2.45, 2.75) is 45.7 Å². The Morgan fingerprint density at radius 2 is 2.15 bits per heavy atom. The lowest BCUT2D eigenvalue weighted by Gasteiger charge is -2.14. The molecule has 5 nitrogen and oxygen atoms in total. The van der Waals surface area contributed by atoms with Crippen LogP contribution in [0.5, 0.6) is 0 Å². The summed E-state index contributed by atoms with van der Waals surface area (Å²) in [6.45, 7) is 6.26. The van der Waals surface area contributed by atoms with Gasteiger partial charge in [-0.05, 0) is 39.4 Å².